The van der Waals surface area contributed by atoms with Gasteiger partial charge in [-0.2, -0.15) is 0 Å². The lowest BCUT2D eigenvalue weighted by molar-refractivity contribution is -0.139. The molecule has 1 aromatic heterocycles. The third-order valence-corrected chi connectivity index (χ3v) is 11.7. The van der Waals surface area contributed by atoms with Gasteiger partial charge in [0.2, 0.25) is 29.5 Å². The van der Waals surface area contributed by atoms with Crippen LogP contribution in [0, 0.1) is 17.0 Å². The number of aromatic nitrogens is 1. The lowest BCUT2D eigenvalue weighted by Crippen LogP contribution is -2.49. The van der Waals surface area contributed by atoms with Gasteiger partial charge in [-0.05, 0) is 48.2 Å². The Morgan fingerprint density at radius 3 is 1.92 bits per heavy atom. The van der Waals surface area contributed by atoms with E-state index in [-0.39, 0.29) is 128 Å². The summed E-state index contributed by atoms with van der Waals surface area (Å²) in [4.78, 5) is 87.2. The average molecular weight is 1050 g/mol. The van der Waals surface area contributed by atoms with E-state index in [1.54, 1.807) is 17.2 Å². The molecule has 0 saturated heterocycles. The van der Waals surface area contributed by atoms with E-state index in [9.17, 15) is 38.0 Å². The van der Waals surface area contributed by atoms with Crippen molar-refractivity contribution < 1.29 is 71.5 Å². The van der Waals surface area contributed by atoms with Gasteiger partial charge in [-0.25, -0.2) is 8.78 Å². The Hall–Kier alpha value is -5.98. The zero-order valence-corrected chi connectivity index (χ0v) is 42.6. The third kappa shape index (κ3) is 24.5. The molecule has 2 atom stereocenters. The van der Waals surface area contributed by atoms with Crippen LogP contribution < -0.4 is 27.0 Å². The first-order chi connectivity index (χ1) is 34.9. The fourth-order valence-corrected chi connectivity index (χ4v) is 8.16. The first-order valence-electron chi connectivity index (χ1n) is 24.0. The van der Waals surface area contributed by atoms with Crippen molar-refractivity contribution in [1.82, 2.24) is 30.7 Å². The number of benzene rings is 2. The Balaban J connectivity index is 1.51. The highest BCUT2D eigenvalue weighted by Gasteiger charge is 2.37. The molecule has 3 rings (SSSR count). The number of ether oxygens (including phenoxy) is 4. The van der Waals surface area contributed by atoms with Crippen LogP contribution in [0.3, 0.4) is 0 Å². The summed E-state index contributed by atoms with van der Waals surface area (Å²) in [7, 11) is 0. The normalized spacial score (nSPS) is 12.1. The maximum absolute atomic E-state index is 15.2. The van der Waals surface area contributed by atoms with E-state index in [1.807, 2.05) is 55.7 Å². The first-order valence-corrected chi connectivity index (χ1v) is 25.2. The lowest BCUT2D eigenvalue weighted by Gasteiger charge is -2.41. The summed E-state index contributed by atoms with van der Waals surface area (Å²) in [5.74, 6) is -6.07. The number of carbonyl (C=O) groups is 7. The number of halogens is 2. The summed E-state index contributed by atoms with van der Waals surface area (Å²) < 4.78 is 53.5. The molecule has 5 amide bonds. The standard InChI is InChI=1S/C50H71F2N7O13S/c1-50(2,3)48(41-28-36(38-29-37(51)10-11-39(38)52)32-58(41)31-35-8-5-4-6-9-35)59(19-7-16-53)45(63)34-73-33-40(57-43(61)13-15-47(66)67)49(68)55-18-21-70-23-25-72-27-26-71-24-22-69-20-17-54-44(62)30-56-42(60)12-14-46(64)65/h4-6,8-11,28-29,32,40,48H,7,12-27,30-31,33-34,53H2,1-3H3,(H,54,62)(H,55,68)(H,56,60)(H,57,61)(H,64,65)(H,66,67)/t40-,48-/m0/s1. The number of aliphatic carboxylic acids is 2. The average Bonchev–Trinajstić information content (AvgIpc) is 3.74. The minimum atomic E-state index is -1.18. The highest BCUT2D eigenvalue weighted by Crippen LogP contribution is 2.41. The monoisotopic (exact) mass is 1050 g/mol. The molecular weight excluding hydrogens is 977 g/mol. The molecular formula is C50H71F2N7O13S. The van der Waals surface area contributed by atoms with Crippen molar-refractivity contribution >= 4 is 53.2 Å². The fraction of sp³-hybridized carbons (Fsp3) is 0.540. The number of carbonyl (C=O) groups excluding carboxylic acids is 5. The van der Waals surface area contributed by atoms with Crippen LogP contribution in [0.2, 0.25) is 0 Å². The van der Waals surface area contributed by atoms with Crippen molar-refractivity contribution in [3.63, 3.8) is 0 Å². The number of nitrogens with zero attached hydrogens (tertiary/aromatic N) is 2. The number of amides is 5. The van der Waals surface area contributed by atoms with Crippen LogP contribution in [0.25, 0.3) is 11.1 Å². The van der Waals surface area contributed by atoms with E-state index in [4.69, 9.17) is 34.9 Å². The van der Waals surface area contributed by atoms with Crippen molar-refractivity contribution in [3.8, 4) is 11.1 Å². The molecule has 0 aliphatic carbocycles. The van der Waals surface area contributed by atoms with Gasteiger partial charge in [-0.3, -0.25) is 33.6 Å². The highest BCUT2D eigenvalue weighted by atomic mass is 32.2. The molecule has 0 radical (unpaired) electrons. The number of thioether (sulfide) groups is 1. The van der Waals surface area contributed by atoms with E-state index < -0.39 is 71.1 Å². The molecule has 0 saturated carbocycles. The second-order valence-corrected chi connectivity index (χ2v) is 18.7. The molecule has 20 nitrogen and oxygen atoms in total. The molecule has 8 N–H and O–H groups in total. The molecule has 0 aliphatic rings. The van der Waals surface area contributed by atoms with Gasteiger partial charge in [0, 0.05) is 67.8 Å². The molecule has 0 bridgehead atoms. The fourth-order valence-electron chi connectivity index (χ4n) is 7.23. The summed E-state index contributed by atoms with van der Waals surface area (Å²) in [5, 5.41) is 27.9. The Bertz CT molecular complexity index is 2210. The van der Waals surface area contributed by atoms with Crippen LogP contribution in [0.15, 0.2) is 60.8 Å². The molecule has 3 aromatic rings. The topological polar surface area (TPSA) is 279 Å². The summed E-state index contributed by atoms with van der Waals surface area (Å²) in [6.07, 6.45) is 0.883. The number of hydrogen-bond donors (Lipinski definition) is 7. The Kier molecular flexibility index (Phi) is 28.3. The van der Waals surface area contributed by atoms with E-state index in [2.05, 4.69) is 21.3 Å². The van der Waals surface area contributed by atoms with Gasteiger partial charge in [0.25, 0.3) is 0 Å². The zero-order chi connectivity index (χ0) is 53.6. The molecule has 0 spiro atoms. The number of hydrogen-bond acceptors (Lipinski definition) is 13. The smallest absolute Gasteiger partial charge is 0.303 e. The Labute approximate surface area is 428 Å². The highest BCUT2D eigenvalue weighted by molar-refractivity contribution is 8.00. The van der Waals surface area contributed by atoms with Crippen molar-refractivity contribution in [2.75, 3.05) is 97.1 Å². The van der Waals surface area contributed by atoms with Gasteiger partial charge >= 0.3 is 11.9 Å². The molecule has 0 fully saturated rings. The van der Waals surface area contributed by atoms with Crippen LogP contribution in [0.1, 0.15) is 70.2 Å². The van der Waals surface area contributed by atoms with Gasteiger partial charge in [0.15, 0.2) is 0 Å². The second-order valence-electron chi connectivity index (χ2n) is 17.7. The van der Waals surface area contributed by atoms with Crippen LogP contribution in [0.4, 0.5) is 8.78 Å². The SMILES string of the molecule is CC(C)(C)[C@H](c1cc(-c2cc(F)ccc2F)cn1Cc1ccccc1)N(CCCN)C(=O)CSC[C@H](NC(=O)CCC(=O)O)C(=O)NCCOCCOCCOCCOCCNC(=O)CNC(=O)CCC(=O)O. The molecule has 0 unspecified atom stereocenters. The first kappa shape index (κ1) is 61.3. The van der Waals surface area contributed by atoms with Crippen molar-refractivity contribution in [1.29, 1.82) is 0 Å². The van der Waals surface area contributed by atoms with E-state index in [1.165, 1.54) is 0 Å². The van der Waals surface area contributed by atoms with Crippen molar-refractivity contribution in [2.24, 2.45) is 11.1 Å². The van der Waals surface area contributed by atoms with E-state index >= 15 is 4.39 Å². The maximum atomic E-state index is 15.2. The Morgan fingerprint density at radius 2 is 1.33 bits per heavy atom. The van der Waals surface area contributed by atoms with Gasteiger partial charge < -0.3 is 65.6 Å². The molecule has 1 heterocycles. The molecule has 23 heteroatoms. The van der Waals surface area contributed by atoms with E-state index in [0.717, 1.165) is 35.5 Å². The number of carboxylic acid groups (broad SMARTS) is 2. The van der Waals surface area contributed by atoms with Crippen LogP contribution in [-0.4, -0.2) is 164 Å². The summed E-state index contributed by atoms with van der Waals surface area (Å²) in [5.41, 5.74) is 7.54. The van der Waals surface area contributed by atoms with E-state index in [0.29, 0.717) is 24.2 Å². The quantitative estimate of drug-likeness (QED) is 0.0409. The number of nitrogens with two attached hydrogens (primary N) is 1. The molecule has 0 aliphatic heterocycles. The second kappa shape index (κ2) is 33.7. The predicted octanol–water partition coefficient (Wildman–Crippen LogP) is 3.11. The summed E-state index contributed by atoms with van der Waals surface area (Å²) in [6.45, 7) is 8.79. The van der Waals surface area contributed by atoms with Crippen LogP contribution in [-0.2, 0) is 59.1 Å². The lowest BCUT2D eigenvalue weighted by atomic mass is 9.83. The summed E-state index contributed by atoms with van der Waals surface area (Å²) in [6, 6.07) is 13.0. The van der Waals surface area contributed by atoms with Gasteiger partial charge in [-0.1, -0.05) is 51.1 Å². The third-order valence-electron chi connectivity index (χ3n) is 10.7. The molecule has 2 aromatic carbocycles. The number of nitrogens with one attached hydrogen (secondary N) is 4. The zero-order valence-electron chi connectivity index (χ0n) is 41.8. The minimum absolute atomic E-state index is 0.0301. The van der Waals surface area contributed by atoms with Crippen molar-refractivity contribution in [3.05, 3.63) is 83.7 Å². The summed E-state index contributed by atoms with van der Waals surface area (Å²) >= 11 is 1.12. The van der Waals surface area contributed by atoms with Gasteiger partial charge in [-0.15, -0.1) is 11.8 Å². The molecule has 404 valence electrons. The van der Waals surface area contributed by atoms with Gasteiger partial charge in [0.05, 0.1) is 84.0 Å². The molecule has 73 heavy (non-hydrogen) atoms. The van der Waals surface area contributed by atoms with Crippen molar-refractivity contribution in [2.45, 2.75) is 71.5 Å². The van der Waals surface area contributed by atoms with Crippen LogP contribution in [0.5, 0.6) is 0 Å². The number of carboxylic acids is 2. The number of rotatable bonds is 37. The van der Waals surface area contributed by atoms with Gasteiger partial charge in [0.1, 0.15) is 17.7 Å². The minimum Gasteiger partial charge on any atom is -0.481 e. The maximum Gasteiger partial charge on any atom is 0.303 e. The Morgan fingerprint density at radius 1 is 0.740 bits per heavy atom. The van der Waals surface area contributed by atoms with Crippen LogP contribution >= 0.6 is 11.8 Å². The largest absolute Gasteiger partial charge is 0.481 e. The predicted molar refractivity (Wildman–Crippen MR) is 268 cm³/mol.